The van der Waals surface area contributed by atoms with Gasteiger partial charge in [-0.05, 0) is 31.9 Å². The van der Waals surface area contributed by atoms with E-state index >= 15 is 0 Å². The third kappa shape index (κ3) is 2.86. The molecule has 90 valence electrons. The maximum absolute atomic E-state index is 5.87. The Morgan fingerprint density at radius 1 is 1.18 bits per heavy atom. The van der Waals surface area contributed by atoms with Crippen LogP contribution in [0, 0.1) is 20.8 Å². The highest BCUT2D eigenvalue weighted by Crippen LogP contribution is 2.23. The number of hydrogen-bond donors (Lipinski definition) is 0. The monoisotopic (exact) mass is 247 g/mol. The molecular formula is C14H17NOS. The molecule has 0 unspecified atom stereocenters. The Balaban J connectivity index is 1.97. The molecule has 0 aliphatic carbocycles. The highest BCUT2D eigenvalue weighted by Gasteiger charge is 2.05. The van der Waals surface area contributed by atoms with E-state index in [0.29, 0.717) is 6.61 Å². The smallest absolute Gasteiger partial charge is 0.125 e. The average Bonchev–Trinajstić information content (AvgIpc) is 2.69. The van der Waals surface area contributed by atoms with E-state index in [-0.39, 0.29) is 0 Å². The predicted octanol–water partition coefficient (Wildman–Crippen LogP) is 3.69. The molecule has 17 heavy (non-hydrogen) atoms. The molecule has 2 nitrogen and oxygen atoms in total. The second-order valence-electron chi connectivity index (χ2n) is 4.18. The first-order valence-corrected chi connectivity index (χ1v) is 6.64. The van der Waals surface area contributed by atoms with Crippen LogP contribution in [-0.4, -0.2) is 11.6 Å². The Kier molecular flexibility index (Phi) is 3.79. The highest BCUT2D eigenvalue weighted by atomic mass is 32.1. The lowest BCUT2D eigenvalue weighted by Crippen LogP contribution is -2.03. The molecule has 3 heteroatoms. The second kappa shape index (κ2) is 5.32. The van der Waals surface area contributed by atoms with Gasteiger partial charge in [-0.15, -0.1) is 11.3 Å². The van der Waals surface area contributed by atoms with Gasteiger partial charge in [0.2, 0.25) is 0 Å². The van der Waals surface area contributed by atoms with Crippen LogP contribution in [0.1, 0.15) is 21.7 Å². The number of aryl methyl sites for hydroxylation is 3. The largest absolute Gasteiger partial charge is 0.493 e. The van der Waals surface area contributed by atoms with Crippen molar-refractivity contribution < 1.29 is 4.74 Å². The lowest BCUT2D eigenvalue weighted by molar-refractivity contribution is 0.318. The Morgan fingerprint density at radius 2 is 1.88 bits per heavy atom. The molecule has 0 aliphatic heterocycles. The Morgan fingerprint density at radius 3 is 2.47 bits per heavy atom. The van der Waals surface area contributed by atoms with Crippen molar-refractivity contribution in [2.45, 2.75) is 27.2 Å². The number of hydrogen-bond acceptors (Lipinski definition) is 3. The molecule has 1 heterocycles. The number of ether oxygens (including phenoxy) is 1. The van der Waals surface area contributed by atoms with E-state index in [1.165, 1.54) is 16.0 Å². The minimum Gasteiger partial charge on any atom is -0.493 e. The van der Waals surface area contributed by atoms with Crippen molar-refractivity contribution in [3.8, 4) is 5.75 Å². The maximum Gasteiger partial charge on any atom is 0.125 e. The van der Waals surface area contributed by atoms with Crippen LogP contribution in [0.15, 0.2) is 23.7 Å². The van der Waals surface area contributed by atoms with E-state index in [2.05, 4.69) is 37.0 Å². The van der Waals surface area contributed by atoms with Crippen LogP contribution >= 0.6 is 11.3 Å². The Hall–Kier alpha value is -1.35. The van der Waals surface area contributed by atoms with Gasteiger partial charge in [-0.25, -0.2) is 4.98 Å². The van der Waals surface area contributed by atoms with Gasteiger partial charge in [0.25, 0.3) is 0 Å². The standard InChI is InChI=1S/C14H17NOS/c1-10-5-4-6-11(2)14(10)16-8-7-13-12(3)15-9-17-13/h4-6,9H,7-8H2,1-3H3. The normalized spacial score (nSPS) is 10.5. The van der Waals surface area contributed by atoms with Gasteiger partial charge in [0.05, 0.1) is 17.8 Å². The highest BCUT2D eigenvalue weighted by molar-refractivity contribution is 7.09. The molecule has 0 N–H and O–H groups in total. The van der Waals surface area contributed by atoms with Crippen LogP contribution in [0.25, 0.3) is 0 Å². The molecule has 0 atom stereocenters. The Labute approximate surface area is 106 Å². The summed E-state index contributed by atoms with van der Waals surface area (Å²) in [4.78, 5) is 5.56. The molecule has 0 radical (unpaired) electrons. The fourth-order valence-corrected chi connectivity index (χ4v) is 2.60. The average molecular weight is 247 g/mol. The van der Waals surface area contributed by atoms with E-state index in [1.54, 1.807) is 11.3 Å². The summed E-state index contributed by atoms with van der Waals surface area (Å²) in [6.45, 7) is 6.93. The second-order valence-corrected chi connectivity index (χ2v) is 5.12. The molecule has 0 bridgehead atoms. The number of benzene rings is 1. The molecule has 1 aromatic carbocycles. The molecular weight excluding hydrogens is 230 g/mol. The van der Waals surface area contributed by atoms with E-state index in [9.17, 15) is 0 Å². The van der Waals surface area contributed by atoms with Crippen molar-refractivity contribution in [2.75, 3.05) is 6.61 Å². The van der Waals surface area contributed by atoms with Gasteiger partial charge in [0.1, 0.15) is 5.75 Å². The summed E-state index contributed by atoms with van der Waals surface area (Å²) in [6, 6.07) is 6.23. The number of aromatic nitrogens is 1. The molecule has 0 aliphatic rings. The predicted molar refractivity (Wildman–Crippen MR) is 72.0 cm³/mol. The molecule has 0 fully saturated rings. The molecule has 0 spiro atoms. The molecule has 2 aromatic rings. The molecule has 1 aromatic heterocycles. The molecule has 0 saturated carbocycles. The summed E-state index contributed by atoms with van der Waals surface area (Å²) in [6.07, 6.45) is 0.935. The first kappa shape index (κ1) is 12.1. The summed E-state index contributed by atoms with van der Waals surface area (Å²) in [7, 11) is 0. The van der Waals surface area contributed by atoms with Gasteiger partial charge in [-0.3, -0.25) is 0 Å². The van der Waals surface area contributed by atoms with Gasteiger partial charge >= 0.3 is 0 Å². The zero-order valence-electron chi connectivity index (χ0n) is 10.5. The molecule has 0 saturated heterocycles. The van der Waals surface area contributed by atoms with Crippen LogP contribution < -0.4 is 4.74 Å². The number of para-hydroxylation sites is 1. The van der Waals surface area contributed by atoms with Gasteiger partial charge in [-0.1, -0.05) is 18.2 Å². The lowest BCUT2D eigenvalue weighted by atomic mass is 10.1. The van der Waals surface area contributed by atoms with E-state index in [4.69, 9.17) is 4.74 Å². The summed E-state index contributed by atoms with van der Waals surface area (Å²) >= 11 is 1.70. The van der Waals surface area contributed by atoms with E-state index in [0.717, 1.165) is 17.9 Å². The van der Waals surface area contributed by atoms with Crippen molar-refractivity contribution in [1.29, 1.82) is 0 Å². The first-order chi connectivity index (χ1) is 8.18. The van der Waals surface area contributed by atoms with Gasteiger partial charge < -0.3 is 4.74 Å². The molecule has 0 amide bonds. The van der Waals surface area contributed by atoms with Crippen molar-refractivity contribution in [3.63, 3.8) is 0 Å². The summed E-state index contributed by atoms with van der Waals surface area (Å²) in [5.74, 6) is 1.02. The van der Waals surface area contributed by atoms with Crippen molar-refractivity contribution in [1.82, 2.24) is 4.98 Å². The zero-order chi connectivity index (χ0) is 12.3. The number of rotatable bonds is 4. The molecule has 2 rings (SSSR count). The van der Waals surface area contributed by atoms with Crippen LogP contribution in [0.4, 0.5) is 0 Å². The topological polar surface area (TPSA) is 22.1 Å². The quantitative estimate of drug-likeness (QED) is 0.822. The van der Waals surface area contributed by atoms with E-state index in [1.807, 2.05) is 12.4 Å². The van der Waals surface area contributed by atoms with Crippen LogP contribution in [0.5, 0.6) is 5.75 Å². The number of nitrogens with zero attached hydrogens (tertiary/aromatic N) is 1. The summed E-state index contributed by atoms with van der Waals surface area (Å²) < 4.78 is 5.87. The van der Waals surface area contributed by atoms with Crippen LogP contribution in [0.2, 0.25) is 0 Å². The van der Waals surface area contributed by atoms with Crippen LogP contribution in [-0.2, 0) is 6.42 Å². The fraction of sp³-hybridized carbons (Fsp3) is 0.357. The van der Waals surface area contributed by atoms with Gasteiger partial charge in [0, 0.05) is 11.3 Å². The zero-order valence-corrected chi connectivity index (χ0v) is 11.3. The minimum absolute atomic E-state index is 0.717. The minimum atomic E-state index is 0.717. The van der Waals surface area contributed by atoms with Gasteiger partial charge in [0.15, 0.2) is 0 Å². The maximum atomic E-state index is 5.87. The lowest BCUT2D eigenvalue weighted by Gasteiger charge is -2.11. The van der Waals surface area contributed by atoms with Crippen molar-refractivity contribution in [2.24, 2.45) is 0 Å². The third-order valence-electron chi connectivity index (χ3n) is 2.83. The number of thiazole rings is 1. The van der Waals surface area contributed by atoms with E-state index < -0.39 is 0 Å². The van der Waals surface area contributed by atoms with Crippen LogP contribution in [0.3, 0.4) is 0 Å². The Bertz CT molecular complexity index is 484. The SMILES string of the molecule is Cc1cccc(C)c1OCCc1scnc1C. The summed E-state index contributed by atoms with van der Waals surface area (Å²) in [5.41, 5.74) is 5.42. The third-order valence-corrected chi connectivity index (χ3v) is 3.82. The van der Waals surface area contributed by atoms with Crippen molar-refractivity contribution >= 4 is 11.3 Å². The van der Waals surface area contributed by atoms with Crippen molar-refractivity contribution in [3.05, 3.63) is 45.4 Å². The van der Waals surface area contributed by atoms with Gasteiger partial charge in [-0.2, -0.15) is 0 Å². The summed E-state index contributed by atoms with van der Waals surface area (Å²) in [5, 5.41) is 0. The first-order valence-electron chi connectivity index (χ1n) is 5.76. The fourth-order valence-electron chi connectivity index (χ4n) is 1.84.